The molecule has 2 aliphatic heterocycles. The second-order valence-electron chi connectivity index (χ2n) is 7.72. The van der Waals surface area contributed by atoms with E-state index >= 15 is 0 Å². The molecule has 0 bridgehead atoms. The molecular formula is C19H26N4O5S. The number of sulfonamides is 1. The predicted octanol–water partition coefficient (Wildman–Crippen LogP) is 1.80. The average Bonchev–Trinajstić information content (AvgIpc) is 3.16. The number of aromatic nitrogens is 3. The first kappa shape index (κ1) is 20.4. The van der Waals surface area contributed by atoms with E-state index in [1.54, 1.807) is 29.7 Å². The summed E-state index contributed by atoms with van der Waals surface area (Å²) in [4.78, 5) is 8.54. The summed E-state index contributed by atoms with van der Waals surface area (Å²) >= 11 is 0. The normalized spacial score (nSPS) is 22.7. The smallest absolute Gasteiger partial charge is 0.252 e. The molecule has 2 aromatic heterocycles. The molecule has 2 fully saturated rings. The minimum atomic E-state index is -3.51. The topological polar surface area (TPSA) is 108 Å². The number of methoxy groups -OCH3 is 1. The number of pyridine rings is 1. The first-order valence-corrected chi connectivity index (χ1v) is 11.3. The highest BCUT2D eigenvalue weighted by Gasteiger charge is 2.43. The van der Waals surface area contributed by atoms with E-state index in [2.05, 4.69) is 15.1 Å². The first-order chi connectivity index (χ1) is 14.0. The molecule has 2 aromatic rings. The Morgan fingerprint density at radius 2 is 2.17 bits per heavy atom. The van der Waals surface area contributed by atoms with Crippen molar-refractivity contribution >= 4 is 10.0 Å². The van der Waals surface area contributed by atoms with Gasteiger partial charge in [-0.05, 0) is 43.7 Å². The van der Waals surface area contributed by atoms with Gasteiger partial charge in [0.25, 0.3) is 5.89 Å². The third-order valence-electron chi connectivity index (χ3n) is 5.75. The fourth-order valence-corrected chi connectivity index (χ4v) is 5.65. The molecule has 29 heavy (non-hydrogen) atoms. The summed E-state index contributed by atoms with van der Waals surface area (Å²) in [6, 6.07) is 3.23. The summed E-state index contributed by atoms with van der Waals surface area (Å²) in [6.45, 7) is 1.88. The lowest BCUT2D eigenvalue weighted by atomic mass is 9.78. The zero-order chi connectivity index (χ0) is 20.3. The van der Waals surface area contributed by atoms with Gasteiger partial charge >= 0.3 is 0 Å². The summed E-state index contributed by atoms with van der Waals surface area (Å²) in [5.74, 6) is 1.56. The maximum atomic E-state index is 12.8. The van der Waals surface area contributed by atoms with E-state index in [4.69, 9.17) is 14.0 Å². The van der Waals surface area contributed by atoms with Crippen LogP contribution >= 0.6 is 0 Å². The van der Waals surface area contributed by atoms with Crippen LogP contribution in [0.1, 0.15) is 37.4 Å². The van der Waals surface area contributed by atoms with Gasteiger partial charge in [-0.3, -0.25) is 4.98 Å². The van der Waals surface area contributed by atoms with E-state index < -0.39 is 10.0 Å². The van der Waals surface area contributed by atoms with Gasteiger partial charge in [-0.25, -0.2) is 8.42 Å². The first-order valence-electron chi connectivity index (χ1n) is 9.85. The SMILES string of the molecule is COCc1nc(CC2CCOC3(CCN(S(=O)(=O)c4cccnc4)CC3)C2)no1. The molecule has 0 radical (unpaired) electrons. The summed E-state index contributed by atoms with van der Waals surface area (Å²) < 4.78 is 43.6. The lowest BCUT2D eigenvalue weighted by Gasteiger charge is -2.45. The Bertz CT molecular complexity index is 910. The van der Waals surface area contributed by atoms with Gasteiger partial charge in [0.05, 0.1) is 5.60 Å². The van der Waals surface area contributed by atoms with Gasteiger partial charge in [-0.2, -0.15) is 9.29 Å². The average molecular weight is 423 g/mol. The Balaban J connectivity index is 1.37. The van der Waals surface area contributed by atoms with Crippen molar-refractivity contribution < 1.29 is 22.4 Å². The molecule has 0 N–H and O–H groups in total. The monoisotopic (exact) mass is 422 g/mol. The molecule has 1 unspecified atom stereocenters. The second kappa shape index (κ2) is 8.47. The molecule has 4 heterocycles. The molecule has 158 valence electrons. The molecule has 0 amide bonds. The van der Waals surface area contributed by atoms with Crippen LogP contribution in [0.25, 0.3) is 0 Å². The Morgan fingerprint density at radius 1 is 1.34 bits per heavy atom. The van der Waals surface area contributed by atoms with E-state index in [9.17, 15) is 8.42 Å². The van der Waals surface area contributed by atoms with Gasteiger partial charge in [-0.1, -0.05) is 5.16 Å². The quantitative estimate of drug-likeness (QED) is 0.694. The summed E-state index contributed by atoms with van der Waals surface area (Å²) in [5, 5.41) is 4.04. The highest BCUT2D eigenvalue weighted by atomic mass is 32.2. The second-order valence-corrected chi connectivity index (χ2v) is 9.66. The van der Waals surface area contributed by atoms with Crippen molar-refractivity contribution in [3.63, 3.8) is 0 Å². The van der Waals surface area contributed by atoms with E-state index in [-0.39, 0.29) is 10.5 Å². The predicted molar refractivity (Wildman–Crippen MR) is 102 cm³/mol. The van der Waals surface area contributed by atoms with Crippen molar-refractivity contribution in [3.05, 3.63) is 36.2 Å². The fraction of sp³-hybridized carbons (Fsp3) is 0.632. The van der Waals surface area contributed by atoms with E-state index in [1.165, 1.54) is 6.20 Å². The van der Waals surface area contributed by atoms with Gasteiger partial charge in [0.1, 0.15) is 11.5 Å². The van der Waals surface area contributed by atoms with Gasteiger partial charge in [0.2, 0.25) is 10.0 Å². The lowest BCUT2D eigenvalue weighted by Crippen LogP contribution is -2.50. The van der Waals surface area contributed by atoms with Crippen molar-refractivity contribution in [3.8, 4) is 0 Å². The highest BCUT2D eigenvalue weighted by molar-refractivity contribution is 7.89. The number of hydrogen-bond acceptors (Lipinski definition) is 8. The van der Waals surface area contributed by atoms with Gasteiger partial charge in [0, 0.05) is 45.6 Å². The maximum Gasteiger partial charge on any atom is 0.252 e. The van der Waals surface area contributed by atoms with Crippen molar-refractivity contribution in [2.45, 2.75) is 49.2 Å². The van der Waals surface area contributed by atoms with Crippen molar-refractivity contribution in [1.29, 1.82) is 0 Å². The molecule has 2 saturated heterocycles. The van der Waals surface area contributed by atoms with E-state index in [0.717, 1.165) is 19.3 Å². The lowest BCUT2D eigenvalue weighted by molar-refractivity contribution is -0.120. The van der Waals surface area contributed by atoms with Crippen molar-refractivity contribution in [1.82, 2.24) is 19.4 Å². The molecule has 0 saturated carbocycles. The number of nitrogens with zero attached hydrogens (tertiary/aromatic N) is 4. The fourth-order valence-electron chi connectivity index (χ4n) is 4.25. The van der Waals surface area contributed by atoms with Crippen LogP contribution in [0.3, 0.4) is 0 Å². The van der Waals surface area contributed by atoms with Crippen LogP contribution in [0.2, 0.25) is 0 Å². The maximum absolute atomic E-state index is 12.8. The number of hydrogen-bond donors (Lipinski definition) is 0. The van der Waals surface area contributed by atoms with Crippen LogP contribution in [0.4, 0.5) is 0 Å². The van der Waals surface area contributed by atoms with E-state index in [0.29, 0.717) is 56.8 Å². The highest BCUT2D eigenvalue weighted by Crippen LogP contribution is 2.39. The standard InChI is InChI=1S/C19H26N4O5S/c1-26-14-18-21-17(22-28-18)11-15-4-10-27-19(12-15)5-8-23(9-6-19)29(24,25)16-3-2-7-20-13-16/h2-3,7,13,15H,4-6,8-12,14H2,1H3. The van der Waals surface area contributed by atoms with Crippen LogP contribution in [-0.4, -0.2) is 60.3 Å². The van der Waals surface area contributed by atoms with E-state index in [1.807, 2.05) is 0 Å². The summed E-state index contributed by atoms with van der Waals surface area (Å²) in [5.41, 5.74) is -0.275. The largest absolute Gasteiger partial charge is 0.375 e. The molecular weight excluding hydrogens is 396 g/mol. The van der Waals surface area contributed by atoms with Gasteiger partial charge in [-0.15, -0.1) is 0 Å². The van der Waals surface area contributed by atoms with Crippen LogP contribution in [0, 0.1) is 5.92 Å². The Kier molecular flexibility index (Phi) is 5.95. The van der Waals surface area contributed by atoms with Crippen LogP contribution in [-0.2, 0) is 32.5 Å². The molecule has 4 rings (SSSR count). The Morgan fingerprint density at radius 3 is 2.90 bits per heavy atom. The Hall–Kier alpha value is -1.88. The number of piperidine rings is 1. The number of rotatable bonds is 6. The Labute approximate surface area is 170 Å². The molecule has 9 nitrogen and oxygen atoms in total. The van der Waals surface area contributed by atoms with Crippen molar-refractivity contribution in [2.24, 2.45) is 5.92 Å². The van der Waals surface area contributed by atoms with Crippen LogP contribution in [0.5, 0.6) is 0 Å². The third kappa shape index (κ3) is 4.50. The summed E-state index contributed by atoms with van der Waals surface area (Å²) in [7, 11) is -1.92. The van der Waals surface area contributed by atoms with Crippen LogP contribution in [0.15, 0.2) is 33.9 Å². The van der Waals surface area contributed by atoms with Crippen molar-refractivity contribution in [2.75, 3.05) is 26.8 Å². The molecule has 1 spiro atoms. The molecule has 2 aliphatic rings. The van der Waals surface area contributed by atoms with Gasteiger partial charge < -0.3 is 14.0 Å². The minimum Gasteiger partial charge on any atom is -0.375 e. The molecule has 0 aliphatic carbocycles. The molecule has 1 atom stereocenters. The summed E-state index contributed by atoms with van der Waals surface area (Å²) in [6.07, 6.45) is 6.89. The zero-order valence-corrected chi connectivity index (χ0v) is 17.3. The third-order valence-corrected chi connectivity index (χ3v) is 7.63. The minimum absolute atomic E-state index is 0.238. The molecule has 10 heteroatoms. The number of ether oxygens (including phenoxy) is 2. The zero-order valence-electron chi connectivity index (χ0n) is 16.5. The van der Waals surface area contributed by atoms with Crippen LogP contribution < -0.4 is 0 Å². The molecule has 0 aromatic carbocycles. The van der Waals surface area contributed by atoms with Gasteiger partial charge in [0.15, 0.2) is 5.82 Å².